The van der Waals surface area contributed by atoms with Gasteiger partial charge in [0.1, 0.15) is 17.7 Å². The van der Waals surface area contributed by atoms with Gasteiger partial charge in [0.25, 0.3) is 5.69 Å². The Balaban J connectivity index is 3.82. The molecule has 1 aromatic rings. The number of allylic oxidation sites excluding steroid dienone is 1. The van der Waals surface area contributed by atoms with Crippen molar-refractivity contribution in [3.8, 4) is 12.1 Å². The van der Waals surface area contributed by atoms with Gasteiger partial charge in [-0.05, 0) is 5.56 Å². The molecule has 0 aliphatic carbocycles. The second-order valence-corrected chi connectivity index (χ2v) is 4.35. The maximum Gasteiger partial charge on any atom is 0.338 e. The molecule has 25 heavy (non-hydrogen) atoms. The molecule has 0 N–H and O–H groups in total. The molecule has 0 aliphatic heterocycles. The van der Waals surface area contributed by atoms with Gasteiger partial charge in [-0.25, -0.2) is 9.59 Å². The number of nitro benzene ring substituents is 1. The Morgan fingerprint density at radius 3 is 2.32 bits per heavy atom. The fraction of sp³-hybridized carbons (Fsp3) is 0.125. The summed E-state index contributed by atoms with van der Waals surface area (Å²) in [4.78, 5) is 33.9. The number of hydrogen-bond donors (Lipinski definition) is 0. The highest BCUT2D eigenvalue weighted by Gasteiger charge is 2.24. The summed E-state index contributed by atoms with van der Waals surface area (Å²) < 4.78 is 9.03. The van der Waals surface area contributed by atoms with Crippen molar-refractivity contribution >= 4 is 23.2 Å². The third-order valence-corrected chi connectivity index (χ3v) is 2.96. The molecule has 0 aromatic heterocycles. The van der Waals surface area contributed by atoms with Gasteiger partial charge in [0, 0.05) is 23.8 Å². The number of rotatable bonds is 5. The predicted molar refractivity (Wildman–Crippen MR) is 83.4 cm³/mol. The third-order valence-electron chi connectivity index (χ3n) is 2.96. The molecular formula is C16H11N3O6. The van der Waals surface area contributed by atoms with Crippen LogP contribution in [0.5, 0.6) is 0 Å². The van der Waals surface area contributed by atoms with E-state index in [1.54, 1.807) is 12.1 Å². The molecule has 0 saturated carbocycles. The van der Waals surface area contributed by atoms with Gasteiger partial charge in [-0.3, -0.25) is 10.1 Å². The molecule has 0 atom stereocenters. The number of hydrogen-bond acceptors (Lipinski definition) is 8. The van der Waals surface area contributed by atoms with Crippen molar-refractivity contribution in [3.63, 3.8) is 0 Å². The third kappa shape index (κ3) is 4.50. The van der Waals surface area contributed by atoms with E-state index in [0.717, 1.165) is 26.4 Å². The van der Waals surface area contributed by atoms with Crippen LogP contribution in [-0.2, 0) is 19.1 Å². The maximum absolute atomic E-state index is 12.0. The number of ether oxygens (including phenoxy) is 2. The lowest BCUT2D eigenvalue weighted by Gasteiger charge is -2.11. The lowest BCUT2D eigenvalue weighted by atomic mass is 9.93. The number of nitrogens with zero attached hydrogens (tertiary/aromatic N) is 3. The van der Waals surface area contributed by atoms with Crippen molar-refractivity contribution in [3.05, 3.63) is 57.2 Å². The minimum absolute atomic E-state index is 0.0212. The van der Waals surface area contributed by atoms with E-state index >= 15 is 0 Å². The molecule has 0 spiro atoms. The molecular weight excluding hydrogens is 330 g/mol. The van der Waals surface area contributed by atoms with Crippen LogP contribution in [0.1, 0.15) is 5.56 Å². The zero-order chi connectivity index (χ0) is 19.0. The summed E-state index contributed by atoms with van der Waals surface area (Å²) in [5, 5.41) is 29.3. The number of nitro groups is 1. The van der Waals surface area contributed by atoms with Gasteiger partial charge in [0.2, 0.25) is 0 Å². The monoisotopic (exact) mass is 341 g/mol. The summed E-state index contributed by atoms with van der Waals surface area (Å²) in [6.07, 6.45) is 0.745. The first kappa shape index (κ1) is 19.1. The second kappa shape index (κ2) is 8.60. The zero-order valence-corrected chi connectivity index (χ0v) is 13.2. The van der Waals surface area contributed by atoms with Crippen molar-refractivity contribution in [1.29, 1.82) is 10.5 Å². The molecule has 1 rings (SSSR count). The summed E-state index contributed by atoms with van der Waals surface area (Å²) in [7, 11) is 2.11. The average molecular weight is 341 g/mol. The van der Waals surface area contributed by atoms with Gasteiger partial charge in [-0.1, -0.05) is 12.1 Å². The van der Waals surface area contributed by atoms with E-state index in [-0.39, 0.29) is 16.8 Å². The number of nitriles is 2. The lowest BCUT2D eigenvalue weighted by Crippen LogP contribution is -2.11. The molecule has 9 heteroatoms. The molecule has 0 aliphatic rings. The van der Waals surface area contributed by atoms with Crippen LogP contribution in [0.2, 0.25) is 0 Å². The summed E-state index contributed by atoms with van der Waals surface area (Å²) in [5.41, 5.74) is -1.54. The maximum atomic E-state index is 12.0. The molecule has 0 amide bonds. The quantitative estimate of drug-likeness (QED) is 0.196. The highest BCUT2D eigenvalue weighted by molar-refractivity contribution is 6.12. The van der Waals surface area contributed by atoms with Crippen LogP contribution in [0.4, 0.5) is 5.69 Å². The molecule has 0 bridgehead atoms. The summed E-state index contributed by atoms with van der Waals surface area (Å²) in [5.74, 6) is -1.95. The molecule has 9 nitrogen and oxygen atoms in total. The van der Waals surface area contributed by atoms with Gasteiger partial charge < -0.3 is 9.47 Å². The molecule has 0 unspecified atom stereocenters. The number of methoxy groups -OCH3 is 2. The Labute approximate surface area is 142 Å². The largest absolute Gasteiger partial charge is 0.466 e. The number of carbonyl (C=O) groups is 2. The van der Waals surface area contributed by atoms with E-state index in [4.69, 9.17) is 0 Å². The number of esters is 2. The summed E-state index contributed by atoms with van der Waals surface area (Å²) in [6, 6.07) is 8.12. The molecule has 0 saturated heterocycles. The van der Waals surface area contributed by atoms with Crippen molar-refractivity contribution in [2.45, 2.75) is 0 Å². The van der Waals surface area contributed by atoms with Crippen molar-refractivity contribution in [1.82, 2.24) is 0 Å². The molecule has 0 radical (unpaired) electrons. The van der Waals surface area contributed by atoms with Gasteiger partial charge in [0.15, 0.2) is 0 Å². The van der Waals surface area contributed by atoms with E-state index < -0.39 is 28.0 Å². The SMILES string of the molecule is COC(=O)/C=C(\C(=O)OC)C(=C(C#N)C#N)c1cccc([N+](=O)[O-])c1. The molecule has 126 valence electrons. The highest BCUT2D eigenvalue weighted by Crippen LogP contribution is 2.30. The van der Waals surface area contributed by atoms with Gasteiger partial charge in [0.05, 0.1) is 24.7 Å². The smallest absolute Gasteiger partial charge is 0.338 e. The Bertz CT molecular complexity index is 855. The first-order valence-corrected chi connectivity index (χ1v) is 6.57. The standard InChI is InChI=1S/C16H11N3O6/c1-24-14(20)7-13(16(21)25-2)15(11(8-17)9-18)10-4-3-5-12(6-10)19(22)23/h3-7H,1-2H3/b13-7-. The molecule has 0 fully saturated rings. The van der Waals surface area contributed by atoms with E-state index in [9.17, 15) is 30.2 Å². The first-order valence-electron chi connectivity index (χ1n) is 6.57. The van der Waals surface area contributed by atoms with Crippen molar-refractivity contribution in [2.24, 2.45) is 0 Å². The Morgan fingerprint density at radius 2 is 1.84 bits per heavy atom. The Hall–Kier alpha value is -3.98. The summed E-state index contributed by atoms with van der Waals surface area (Å²) in [6.45, 7) is 0. The van der Waals surface area contributed by atoms with E-state index in [2.05, 4.69) is 9.47 Å². The van der Waals surface area contributed by atoms with Crippen LogP contribution in [-0.4, -0.2) is 31.1 Å². The Morgan fingerprint density at radius 1 is 1.20 bits per heavy atom. The highest BCUT2D eigenvalue weighted by atomic mass is 16.6. The van der Waals surface area contributed by atoms with Crippen LogP contribution in [0, 0.1) is 32.8 Å². The number of non-ortho nitro benzene ring substituents is 1. The van der Waals surface area contributed by atoms with Crippen LogP contribution < -0.4 is 0 Å². The number of benzene rings is 1. The normalized spacial score (nSPS) is 10.0. The minimum Gasteiger partial charge on any atom is -0.466 e. The lowest BCUT2D eigenvalue weighted by molar-refractivity contribution is -0.384. The van der Waals surface area contributed by atoms with E-state index in [0.29, 0.717) is 0 Å². The van der Waals surface area contributed by atoms with Crippen molar-refractivity contribution < 1.29 is 24.0 Å². The Kier molecular flexibility index (Phi) is 6.56. The fourth-order valence-electron chi connectivity index (χ4n) is 1.87. The second-order valence-electron chi connectivity index (χ2n) is 4.35. The van der Waals surface area contributed by atoms with Gasteiger partial charge in [-0.15, -0.1) is 0 Å². The number of carbonyl (C=O) groups excluding carboxylic acids is 2. The summed E-state index contributed by atoms with van der Waals surface area (Å²) >= 11 is 0. The predicted octanol–water partition coefficient (Wildman–Crippen LogP) is 1.67. The van der Waals surface area contributed by atoms with E-state index in [1.165, 1.54) is 18.2 Å². The van der Waals surface area contributed by atoms with Gasteiger partial charge in [-0.2, -0.15) is 10.5 Å². The van der Waals surface area contributed by atoms with Crippen molar-refractivity contribution in [2.75, 3.05) is 14.2 Å². The first-order chi connectivity index (χ1) is 11.9. The van der Waals surface area contributed by atoms with Crippen LogP contribution in [0.3, 0.4) is 0 Å². The minimum atomic E-state index is -1.02. The van der Waals surface area contributed by atoms with Crippen LogP contribution in [0.15, 0.2) is 41.5 Å². The average Bonchev–Trinajstić information content (AvgIpc) is 2.63. The van der Waals surface area contributed by atoms with Crippen LogP contribution >= 0.6 is 0 Å². The molecule has 1 aromatic carbocycles. The topological polar surface area (TPSA) is 143 Å². The zero-order valence-electron chi connectivity index (χ0n) is 13.2. The molecule has 0 heterocycles. The van der Waals surface area contributed by atoms with E-state index in [1.807, 2.05) is 0 Å². The fourth-order valence-corrected chi connectivity index (χ4v) is 1.87. The van der Waals surface area contributed by atoms with Gasteiger partial charge >= 0.3 is 11.9 Å². The van der Waals surface area contributed by atoms with Crippen LogP contribution in [0.25, 0.3) is 5.57 Å².